The summed E-state index contributed by atoms with van der Waals surface area (Å²) in [5.74, 6) is -1.94. The summed E-state index contributed by atoms with van der Waals surface area (Å²) in [7, 11) is 0. The molecule has 4 nitrogen and oxygen atoms in total. The Morgan fingerprint density at radius 1 is 1.42 bits per heavy atom. The van der Waals surface area contributed by atoms with E-state index in [2.05, 4.69) is 4.74 Å². The van der Waals surface area contributed by atoms with Gasteiger partial charge in [0, 0.05) is 11.6 Å². The Morgan fingerprint density at radius 2 is 2.11 bits per heavy atom. The number of rotatable bonds is 5. The van der Waals surface area contributed by atoms with Gasteiger partial charge in [-0.1, -0.05) is 12.1 Å². The summed E-state index contributed by atoms with van der Waals surface area (Å²) in [4.78, 5) is 10.4. The Morgan fingerprint density at radius 3 is 2.63 bits per heavy atom. The monoisotopic (exact) mass is 276 g/mol. The number of hydrogen-bond donors (Lipinski definition) is 1. The molecule has 1 rings (SSSR count). The molecule has 0 saturated carbocycles. The fraction of sp³-hybridized carbons (Fsp3) is 0.250. The van der Waals surface area contributed by atoms with Crippen molar-refractivity contribution in [2.24, 2.45) is 0 Å². The van der Waals surface area contributed by atoms with Crippen LogP contribution in [0.15, 0.2) is 24.3 Å². The number of ether oxygens (including phenoxy) is 2. The van der Waals surface area contributed by atoms with E-state index in [0.29, 0.717) is 6.08 Å². The number of halogens is 3. The van der Waals surface area contributed by atoms with Crippen LogP contribution >= 0.6 is 0 Å². The molecule has 0 aliphatic heterocycles. The number of carboxylic acid groups (broad SMARTS) is 1. The maximum absolute atomic E-state index is 12.3. The topological polar surface area (TPSA) is 55.8 Å². The van der Waals surface area contributed by atoms with Crippen LogP contribution in [0, 0.1) is 0 Å². The predicted octanol–water partition coefficient (Wildman–Crippen LogP) is 3.08. The maximum Gasteiger partial charge on any atom is 0.573 e. The van der Waals surface area contributed by atoms with E-state index in [1.54, 1.807) is 6.92 Å². The van der Waals surface area contributed by atoms with Gasteiger partial charge in [-0.05, 0) is 19.1 Å². The van der Waals surface area contributed by atoms with Crippen LogP contribution in [-0.4, -0.2) is 24.0 Å². The van der Waals surface area contributed by atoms with Gasteiger partial charge >= 0.3 is 12.3 Å². The molecule has 0 aliphatic rings. The standard InChI is InChI=1S/C12H11F3O4/c1-2-18-9-5-3-4-8(6-7-10(16)17)11(9)19-12(13,14)15/h3-7H,2H2,1H3,(H,16,17)/b7-6+. The highest BCUT2D eigenvalue weighted by molar-refractivity contribution is 5.86. The molecular formula is C12H11F3O4. The Balaban J connectivity index is 3.21. The van der Waals surface area contributed by atoms with Crippen molar-refractivity contribution >= 4 is 12.0 Å². The van der Waals surface area contributed by atoms with Crippen molar-refractivity contribution in [3.63, 3.8) is 0 Å². The first-order valence-corrected chi connectivity index (χ1v) is 5.26. The quantitative estimate of drug-likeness (QED) is 0.840. The second-order valence-electron chi connectivity index (χ2n) is 3.33. The molecule has 0 fully saturated rings. The summed E-state index contributed by atoms with van der Waals surface area (Å²) in [6.07, 6.45) is -3.17. The molecule has 0 unspecified atom stereocenters. The first-order chi connectivity index (χ1) is 8.83. The molecule has 0 aliphatic carbocycles. The number of hydrogen-bond acceptors (Lipinski definition) is 3. The minimum Gasteiger partial charge on any atom is -0.490 e. The summed E-state index contributed by atoms with van der Waals surface area (Å²) < 4.78 is 45.9. The zero-order valence-electron chi connectivity index (χ0n) is 9.90. The zero-order valence-corrected chi connectivity index (χ0v) is 9.90. The van der Waals surface area contributed by atoms with E-state index in [1.807, 2.05) is 0 Å². The molecule has 7 heteroatoms. The van der Waals surface area contributed by atoms with Crippen LogP contribution in [0.2, 0.25) is 0 Å². The molecule has 0 amide bonds. The van der Waals surface area contributed by atoms with Gasteiger partial charge in [0.25, 0.3) is 0 Å². The Labute approximate surface area is 107 Å². The van der Waals surface area contributed by atoms with E-state index in [4.69, 9.17) is 9.84 Å². The van der Waals surface area contributed by atoms with E-state index in [-0.39, 0.29) is 17.9 Å². The van der Waals surface area contributed by atoms with E-state index in [1.165, 1.54) is 18.2 Å². The Kier molecular flexibility index (Phi) is 4.80. The first-order valence-electron chi connectivity index (χ1n) is 5.26. The van der Waals surface area contributed by atoms with Crippen LogP contribution < -0.4 is 9.47 Å². The number of carboxylic acids is 1. The molecule has 0 radical (unpaired) electrons. The molecule has 0 spiro atoms. The molecular weight excluding hydrogens is 265 g/mol. The average Bonchev–Trinajstić information content (AvgIpc) is 2.28. The highest BCUT2D eigenvalue weighted by atomic mass is 19.4. The SMILES string of the molecule is CCOc1cccc(/C=C/C(=O)O)c1OC(F)(F)F. The van der Waals surface area contributed by atoms with Gasteiger partial charge in [-0.3, -0.25) is 0 Å². The molecule has 1 aromatic rings. The summed E-state index contributed by atoms with van der Waals surface area (Å²) in [5, 5.41) is 8.49. The highest BCUT2D eigenvalue weighted by Crippen LogP contribution is 2.36. The summed E-state index contributed by atoms with van der Waals surface area (Å²) in [6.45, 7) is 1.76. The van der Waals surface area contributed by atoms with Crippen molar-refractivity contribution in [1.82, 2.24) is 0 Å². The van der Waals surface area contributed by atoms with Gasteiger partial charge in [0.1, 0.15) is 0 Å². The second kappa shape index (κ2) is 6.12. The molecule has 0 atom stereocenters. The fourth-order valence-electron chi connectivity index (χ4n) is 1.32. The van der Waals surface area contributed by atoms with Crippen LogP contribution in [0.1, 0.15) is 12.5 Å². The van der Waals surface area contributed by atoms with Gasteiger partial charge in [-0.15, -0.1) is 13.2 Å². The summed E-state index contributed by atoms with van der Waals surface area (Å²) >= 11 is 0. The minimum atomic E-state index is -4.89. The second-order valence-corrected chi connectivity index (χ2v) is 3.33. The number of carbonyl (C=O) groups is 1. The zero-order chi connectivity index (χ0) is 14.5. The molecule has 1 N–H and O–H groups in total. The van der Waals surface area contributed by atoms with E-state index < -0.39 is 18.1 Å². The smallest absolute Gasteiger partial charge is 0.490 e. The van der Waals surface area contributed by atoms with Crippen molar-refractivity contribution in [1.29, 1.82) is 0 Å². The van der Waals surface area contributed by atoms with E-state index >= 15 is 0 Å². The van der Waals surface area contributed by atoms with E-state index in [9.17, 15) is 18.0 Å². The molecule has 0 aromatic heterocycles. The summed E-state index contributed by atoms with van der Waals surface area (Å²) in [5.41, 5.74) is -0.0364. The lowest BCUT2D eigenvalue weighted by atomic mass is 10.1. The lowest BCUT2D eigenvalue weighted by molar-refractivity contribution is -0.275. The lowest BCUT2D eigenvalue weighted by Crippen LogP contribution is -2.18. The van der Waals surface area contributed by atoms with E-state index in [0.717, 1.165) is 6.08 Å². The number of para-hydroxylation sites is 1. The van der Waals surface area contributed by atoms with Crippen molar-refractivity contribution < 1.29 is 32.5 Å². The van der Waals surface area contributed by atoms with Crippen molar-refractivity contribution in [2.75, 3.05) is 6.61 Å². The first kappa shape index (κ1) is 14.9. The largest absolute Gasteiger partial charge is 0.573 e. The average molecular weight is 276 g/mol. The lowest BCUT2D eigenvalue weighted by Gasteiger charge is -2.15. The third-order valence-electron chi connectivity index (χ3n) is 1.93. The third kappa shape index (κ3) is 4.90. The molecule has 0 saturated heterocycles. The van der Waals surface area contributed by atoms with Crippen molar-refractivity contribution in [3.8, 4) is 11.5 Å². The van der Waals surface area contributed by atoms with Gasteiger partial charge in [0.15, 0.2) is 11.5 Å². The number of alkyl halides is 3. The molecule has 19 heavy (non-hydrogen) atoms. The minimum absolute atomic E-state index is 0.0364. The number of benzene rings is 1. The van der Waals surface area contributed by atoms with Gasteiger partial charge in [-0.25, -0.2) is 4.79 Å². The van der Waals surface area contributed by atoms with Gasteiger partial charge in [-0.2, -0.15) is 0 Å². The van der Waals surface area contributed by atoms with Crippen LogP contribution in [0.5, 0.6) is 11.5 Å². The van der Waals surface area contributed by atoms with Crippen LogP contribution in [0.4, 0.5) is 13.2 Å². The molecule has 104 valence electrons. The van der Waals surface area contributed by atoms with Gasteiger partial charge < -0.3 is 14.6 Å². The molecule has 0 bridgehead atoms. The summed E-state index contributed by atoms with van der Waals surface area (Å²) in [6, 6.07) is 4.04. The van der Waals surface area contributed by atoms with Crippen LogP contribution in [-0.2, 0) is 4.79 Å². The number of aliphatic carboxylic acids is 1. The van der Waals surface area contributed by atoms with Crippen LogP contribution in [0.25, 0.3) is 6.08 Å². The van der Waals surface area contributed by atoms with Crippen molar-refractivity contribution in [2.45, 2.75) is 13.3 Å². The maximum atomic E-state index is 12.3. The Hall–Kier alpha value is -2.18. The van der Waals surface area contributed by atoms with Crippen molar-refractivity contribution in [3.05, 3.63) is 29.8 Å². The third-order valence-corrected chi connectivity index (χ3v) is 1.93. The molecule has 0 heterocycles. The molecule has 1 aromatic carbocycles. The van der Waals surface area contributed by atoms with Gasteiger partial charge in [0.05, 0.1) is 6.61 Å². The fourth-order valence-corrected chi connectivity index (χ4v) is 1.32. The van der Waals surface area contributed by atoms with Gasteiger partial charge in [0.2, 0.25) is 0 Å². The predicted molar refractivity (Wildman–Crippen MR) is 61.0 cm³/mol. The Bertz CT molecular complexity index is 480. The van der Waals surface area contributed by atoms with Crippen LogP contribution in [0.3, 0.4) is 0 Å². The normalized spacial score (nSPS) is 11.6. The highest BCUT2D eigenvalue weighted by Gasteiger charge is 2.33.